The monoisotopic (exact) mass is 368 g/mol. The van der Waals surface area contributed by atoms with Crippen LogP contribution in [0.4, 0.5) is 5.69 Å². The molecule has 2 rings (SSSR count). The predicted molar refractivity (Wildman–Crippen MR) is 108 cm³/mol. The summed E-state index contributed by atoms with van der Waals surface area (Å²) in [7, 11) is 1.64. The van der Waals surface area contributed by atoms with Crippen LogP contribution in [-0.2, 0) is 22.4 Å². The minimum absolute atomic E-state index is 0.0577. The number of carbonyl (C=O) groups is 2. The molecule has 2 aromatic carbocycles. The molecular weight excluding hydrogens is 340 g/mol. The Hall–Kier alpha value is -2.82. The van der Waals surface area contributed by atoms with Crippen molar-refractivity contribution in [2.24, 2.45) is 0 Å². The summed E-state index contributed by atoms with van der Waals surface area (Å²) in [5, 5.41) is 2.92. The van der Waals surface area contributed by atoms with E-state index < -0.39 is 0 Å². The molecule has 27 heavy (non-hydrogen) atoms. The van der Waals surface area contributed by atoms with Gasteiger partial charge in [0.2, 0.25) is 11.8 Å². The number of hydrogen-bond donors (Lipinski definition) is 1. The first-order valence-electron chi connectivity index (χ1n) is 9.31. The lowest BCUT2D eigenvalue weighted by molar-refractivity contribution is -0.121. The fourth-order valence-corrected chi connectivity index (χ4v) is 3.07. The van der Waals surface area contributed by atoms with E-state index in [0.29, 0.717) is 19.5 Å². The molecule has 0 fully saturated rings. The van der Waals surface area contributed by atoms with Crippen molar-refractivity contribution in [1.82, 2.24) is 5.32 Å². The highest BCUT2D eigenvalue weighted by Crippen LogP contribution is 2.21. The summed E-state index contributed by atoms with van der Waals surface area (Å²) < 4.78 is 5.32. The minimum atomic E-state index is -0.0647. The van der Waals surface area contributed by atoms with Gasteiger partial charge in [-0.3, -0.25) is 9.59 Å². The third-order valence-electron chi connectivity index (χ3n) is 4.51. The van der Waals surface area contributed by atoms with Gasteiger partial charge in [0.1, 0.15) is 5.75 Å². The number of para-hydroxylation sites is 2. The Bertz CT molecular complexity index is 774. The zero-order valence-electron chi connectivity index (χ0n) is 16.3. The highest BCUT2D eigenvalue weighted by molar-refractivity contribution is 5.93. The van der Waals surface area contributed by atoms with E-state index in [0.717, 1.165) is 29.0 Å². The van der Waals surface area contributed by atoms with E-state index in [9.17, 15) is 9.59 Å². The highest BCUT2D eigenvalue weighted by Gasteiger charge is 2.15. The lowest BCUT2D eigenvalue weighted by atomic mass is 10.1. The van der Waals surface area contributed by atoms with Gasteiger partial charge < -0.3 is 15.0 Å². The Morgan fingerprint density at radius 3 is 2.37 bits per heavy atom. The number of nitrogens with zero attached hydrogens (tertiary/aromatic N) is 1. The van der Waals surface area contributed by atoms with Gasteiger partial charge >= 0.3 is 0 Å². The van der Waals surface area contributed by atoms with E-state index in [4.69, 9.17) is 4.74 Å². The van der Waals surface area contributed by atoms with Crippen molar-refractivity contribution in [1.29, 1.82) is 0 Å². The quantitative estimate of drug-likeness (QED) is 0.738. The first kappa shape index (κ1) is 20.5. The summed E-state index contributed by atoms with van der Waals surface area (Å²) in [6, 6.07) is 15.6. The Labute approximate surface area is 161 Å². The fourth-order valence-electron chi connectivity index (χ4n) is 3.07. The summed E-state index contributed by atoms with van der Waals surface area (Å²) in [6.45, 7) is 4.49. The topological polar surface area (TPSA) is 58.6 Å². The molecule has 0 aromatic heterocycles. The molecular formula is C22H28N2O3. The van der Waals surface area contributed by atoms with Crippen molar-refractivity contribution in [2.45, 2.75) is 33.1 Å². The van der Waals surface area contributed by atoms with Crippen molar-refractivity contribution < 1.29 is 14.3 Å². The molecule has 144 valence electrons. The van der Waals surface area contributed by atoms with Crippen LogP contribution in [0, 0.1) is 0 Å². The zero-order valence-corrected chi connectivity index (χ0v) is 16.3. The van der Waals surface area contributed by atoms with Crippen molar-refractivity contribution in [2.75, 3.05) is 25.1 Å². The van der Waals surface area contributed by atoms with E-state index in [-0.39, 0.29) is 18.2 Å². The van der Waals surface area contributed by atoms with Gasteiger partial charge in [0.05, 0.1) is 7.11 Å². The maximum absolute atomic E-state index is 12.2. The van der Waals surface area contributed by atoms with Gasteiger partial charge in [-0.25, -0.2) is 0 Å². The minimum Gasteiger partial charge on any atom is -0.496 e. The van der Waals surface area contributed by atoms with Crippen LogP contribution < -0.4 is 15.0 Å². The third-order valence-corrected chi connectivity index (χ3v) is 4.51. The van der Waals surface area contributed by atoms with Crippen LogP contribution in [0.3, 0.4) is 0 Å². The number of amides is 2. The van der Waals surface area contributed by atoms with Crippen LogP contribution in [0.1, 0.15) is 31.4 Å². The lowest BCUT2D eigenvalue weighted by Crippen LogP contribution is -2.35. The second-order valence-corrected chi connectivity index (χ2v) is 6.31. The van der Waals surface area contributed by atoms with Gasteiger partial charge in [0.25, 0.3) is 0 Å². The second-order valence-electron chi connectivity index (χ2n) is 6.31. The lowest BCUT2D eigenvalue weighted by Gasteiger charge is -2.23. The van der Waals surface area contributed by atoms with Crippen molar-refractivity contribution >= 4 is 17.5 Å². The predicted octanol–water partition coefficient (Wildman–Crippen LogP) is 3.36. The number of anilines is 1. The van der Waals surface area contributed by atoms with Crippen LogP contribution >= 0.6 is 0 Å². The number of rotatable bonds is 9. The molecule has 5 nitrogen and oxygen atoms in total. The zero-order chi connectivity index (χ0) is 19.6. The van der Waals surface area contributed by atoms with Crippen molar-refractivity contribution in [3.8, 4) is 5.75 Å². The molecule has 0 aliphatic rings. The Morgan fingerprint density at radius 2 is 1.70 bits per heavy atom. The molecule has 0 bridgehead atoms. The van der Waals surface area contributed by atoms with Crippen LogP contribution in [0.5, 0.6) is 5.75 Å². The van der Waals surface area contributed by atoms with Gasteiger partial charge in [-0.15, -0.1) is 0 Å². The molecule has 0 atom stereocenters. The summed E-state index contributed by atoms with van der Waals surface area (Å²) >= 11 is 0. The standard InChI is InChI=1S/C22H28N2O3/c1-4-18-9-5-7-11-20(18)24(17(2)25)16-14-22(26)23-15-13-19-10-6-8-12-21(19)27-3/h5-12H,4,13-16H2,1-3H3,(H,23,26). The van der Waals surface area contributed by atoms with Gasteiger partial charge in [-0.05, 0) is 36.1 Å². The average Bonchev–Trinajstić information content (AvgIpc) is 2.68. The Kier molecular flexibility index (Phi) is 7.86. The van der Waals surface area contributed by atoms with Gasteiger partial charge in [-0.1, -0.05) is 43.3 Å². The summed E-state index contributed by atoms with van der Waals surface area (Å²) in [5.74, 6) is 0.702. The van der Waals surface area contributed by atoms with E-state index in [2.05, 4.69) is 12.2 Å². The molecule has 0 saturated carbocycles. The maximum Gasteiger partial charge on any atom is 0.223 e. The van der Waals surface area contributed by atoms with Crippen molar-refractivity contribution in [3.05, 3.63) is 59.7 Å². The molecule has 0 heterocycles. The molecule has 0 spiro atoms. The Balaban J connectivity index is 1.88. The molecule has 0 aliphatic heterocycles. The largest absolute Gasteiger partial charge is 0.496 e. The second kappa shape index (κ2) is 10.4. The first-order valence-corrected chi connectivity index (χ1v) is 9.31. The van der Waals surface area contributed by atoms with Crippen molar-refractivity contribution in [3.63, 3.8) is 0 Å². The summed E-state index contributed by atoms with van der Waals surface area (Å²) in [4.78, 5) is 26.0. The van der Waals surface area contributed by atoms with Gasteiger partial charge in [0.15, 0.2) is 0 Å². The fraction of sp³-hybridized carbons (Fsp3) is 0.364. The molecule has 1 N–H and O–H groups in total. The summed E-state index contributed by atoms with van der Waals surface area (Å²) in [6.07, 6.45) is 1.81. The van der Waals surface area contributed by atoms with Gasteiger partial charge in [0, 0.05) is 32.1 Å². The number of hydrogen-bond acceptors (Lipinski definition) is 3. The van der Waals surface area contributed by atoms with E-state index in [1.807, 2.05) is 48.5 Å². The Morgan fingerprint density at radius 1 is 1.04 bits per heavy atom. The molecule has 0 aliphatic carbocycles. The third kappa shape index (κ3) is 5.84. The molecule has 2 amide bonds. The number of methoxy groups -OCH3 is 1. The average molecular weight is 368 g/mol. The van der Waals surface area contributed by atoms with E-state index in [1.165, 1.54) is 6.92 Å². The number of nitrogens with one attached hydrogen (secondary N) is 1. The van der Waals surface area contributed by atoms with Crippen LogP contribution in [0.15, 0.2) is 48.5 Å². The number of benzene rings is 2. The first-order chi connectivity index (χ1) is 13.1. The smallest absolute Gasteiger partial charge is 0.223 e. The van der Waals surface area contributed by atoms with Crippen LogP contribution in [0.25, 0.3) is 0 Å². The van der Waals surface area contributed by atoms with E-state index in [1.54, 1.807) is 12.0 Å². The molecule has 0 saturated heterocycles. The maximum atomic E-state index is 12.2. The molecule has 5 heteroatoms. The summed E-state index contributed by atoms with van der Waals surface area (Å²) in [5.41, 5.74) is 3.04. The van der Waals surface area contributed by atoms with Crippen LogP contribution in [-0.4, -0.2) is 32.0 Å². The SMILES string of the molecule is CCc1ccccc1N(CCC(=O)NCCc1ccccc1OC)C(C)=O. The normalized spacial score (nSPS) is 10.3. The molecule has 0 unspecified atom stereocenters. The van der Waals surface area contributed by atoms with Gasteiger partial charge in [-0.2, -0.15) is 0 Å². The number of carbonyl (C=O) groups excluding carboxylic acids is 2. The molecule has 0 radical (unpaired) electrons. The molecule has 2 aromatic rings. The van der Waals surface area contributed by atoms with E-state index >= 15 is 0 Å². The van der Waals surface area contributed by atoms with Crippen LogP contribution in [0.2, 0.25) is 0 Å². The number of aryl methyl sites for hydroxylation is 1. The number of ether oxygens (including phenoxy) is 1. The highest BCUT2D eigenvalue weighted by atomic mass is 16.5.